The van der Waals surface area contributed by atoms with Crippen LogP contribution in [0.3, 0.4) is 0 Å². The van der Waals surface area contributed by atoms with Gasteiger partial charge in [0, 0.05) is 23.2 Å². The summed E-state index contributed by atoms with van der Waals surface area (Å²) in [6.45, 7) is 9.33. The summed E-state index contributed by atoms with van der Waals surface area (Å²) in [6, 6.07) is 49.6. The molecule has 0 aliphatic heterocycles. The zero-order valence-corrected chi connectivity index (χ0v) is 27.9. The molecule has 1 aliphatic carbocycles. The van der Waals surface area contributed by atoms with Crippen LogP contribution in [0.4, 0.5) is 0 Å². The van der Waals surface area contributed by atoms with Gasteiger partial charge in [-0.1, -0.05) is 149 Å². The van der Waals surface area contributed by atoms with Crippen molar-refractivity contribution in [2.75, 3.05) is 0 Å². The zero-order chi connectivity index (χ0) is 32.6. The molecule has 0 saturated heterocycles. The molecule has 0 radical (unpaired) electrons. The Hall–Kier alpha value is -5.53. The Labute approximate surface area is 282 Å². The van der Waals surface area contributed by atoms with E-state index in [4.69, 9.17) is 0 Å². The van der Waals surface area contributed by atoms with E-state index < -0.39 is 0 Å². The van der Waals surface area contributed by atoms with Gasteiger partial charge in [-0.05, 0) is 106 Å². The molecule has 1 heteroatoms. The molecular weight excluding hydrogens is 579 g/mol. The lowest BCUT2D eigenvalue weighted by Gasteiger charge is -2.23. The van der Waals surface area contributed by atoms with E-state index in [1.54, 1.807) is 0 Å². The van der Waals surface area contributed by atoms with Gasteiger partial charge in [-0.2, -0.15) is 0 Å². The highest BCUT2D eigenvalue weighted by molar-refractivity contribution is 6.24. The first kappa shape index (κ1) is 28.7. The first-order chi connectivity index (χ1) is 23.4. The highest BCUT2D eigenvalue weighted by atomic mass is 14.6. The van der Waals surface area contributed by atoms with Gasteiger partial charge in [-0.3, -0.25) is 4.98 Å². The van der Waals surface area contributed by atoms with Crippen molar-refractivity contribution in [1.82, 2.24) is 4.98 Å². The van der Waals surface area contributed by atoms with Crippen LogP contribution < -0.4 is 0 Å². The van der Waals surface area contributed by atoms with Gasteiger partial charge in [0.2, 0.25) is 0 Å². The van der Waals surface area contributed by atoms with Crippen LogP contribution in [0.1, 0.15) is 50.3 Å². The van der Waals surface area contributed by atoms with Crippen LogP contribution in [-0.4, -0.2) is 4.98 Å². The highest BCUT2D eigenvalue weighted by Gasteiger charge is 2.36. The van der Waals surface area contributed by atoms with Crippen LogP contribution in [0, 0.1) is 0 Å². The van der Waals surface area contributed by atoms with Gasteiger partial charge in [-0.15, -0.1) is 0 Å². The molecule has 1 aliphatic rings. The minimum Gasteiger partial charge on any atom is -0.264 e. The van der Waals surface area contributed by atoms with Gasteiger partial charge in [0.15, 0.2) is 0 Å². The third-order valence-corrected chi connectivity index (χ3v) is 10.8. The molecule has 0 atom stereocenters. The van der Waals surface area contributed by atoms with Crippen LogP contribution in [-0.2, 0) is 5.41 Å². The second kappa shape index (κ2) is 10.8. The molecule has 1 heterocycles. The molecule has 1 nitrogen and oxygen atoms in total. The van der Waals surface area contributed by atoms with Gasteiger partial charge in [0.25, 0.3) is 0 Å². The van der Waals surface area contributed by atoms with Crippen molar-refractivity contribution >= 4 is 32.3 Å². The number of fused-ring (bicyclic) bond motifs is 6. The van der Waals surface area contributed by atoms with Gasteiger partial charge < -0.3 is 0 Å². The van der Waals surface area contributed by atoms with E-state index in [2.05, 4.69) is 172 Å². The van der Waals surface area contributed by atoms with Crippen molar-refractivity contribution in [3.8, 4) is 44.5 Å². The van der Waals surface area contributed by atoms with Crippen molar-refractivity contribution in [3.05, 3.63) is 163 Å². The lowest BCUT2D eigenvalue weighted by atomic mass is 9.80. The third-order valence-electron chi connectivity index (χ3n) is 10.8. The molecule has 7 aromatic carbocycles. The maximum atomic E-state index is 4.66. The molecule has 0 bridgehead atoms. The van der Waals surface area contributed by atoms with Gasteiger partial charge >= 0.3 is 0 Å². The molecule has 0 spiro atoms. The molecule has 0 fully saturated rings. The van der Waals surface area contributed by atoms with E-state index in [1.165, 1.54) is 93.5 Å². The number of nitrogens with zero attached hydrogens (tertiary/aromatic N) is 1. The number of hydrogen-bond donors (Lipinski definition) is 0. The molecule has 9 rings (SSSR count). The molecule has 0 saturated carbocycles. The summed E-state index contributed by atoms with van der Waals surface area (Å²) >= 11 is 0. The maximum Gasteiger partial charge on any atom is 0.0353 e. The average Bonchev–Trinajstić information content (AvgIpc) is 3.35. The van der Waals surface area contributed by atoms with Crippen molar-refractivity contribution in [3.63, 3.8) is 0 Å². The Morgan fingerprint density at radius 3 is 1.75 bits per heavy atom. The Balaban J connectivity index is 1.27. The fraction of sp³-hybridized carbons (Fsp3) is 0.128. The second-order valence-electron chi connectivity index (χ2n) is 14.1. The van der Waals surface area contributed by atoms with E-state index in [-0.39, 0.29) is 5.41 Å². The highest BCUT2D eigenvalue weighted by Crippen LogP contribution is 2.51. The third kappa shape index (κ3) is 4.20. The Bertz CT molecular complexity index is 2500. The molecule has 0 N–H and O–H groups in total. The quantitative estimate of drug-likeness (QED) is 0.180. The minimum atomic E-state index is -0.0628. The Kier molecular flexibility index (Phi) is 6.42. The number of pyridine rings is 1. The number of rotatable bonds is 4. The molecule has 8 aromatic rings. The summed E-state index contributed by atoms with van der Waals surface area (Å²) in [5.41, 5.74) is 14.4. The molecule has 48 heavy (non-hydrogen) atoms. The number of hydrogen-bond acceptors (Lipinski definition) is 1. The summed E-state index contributed by atoms with van der Waals surface area (Å²) in [6.07, 6.45) is 3.98. The van der Waals surface area contributed by atoms with Crippen LogP contribution in [0.5, 0.6) is 0 Å². The van der Waals surface area contributed by atoms with E-state index in [0.29, 0.717) is 5.92 Å². The fourth-order valence-electron chi connectivity index (χ4n) is 8.28. The topological polar surface area (TPSA) is 12.9 Å². The normalized spacial score (nSPS) is 13.4. The monoisotopic (exact) mass is 615 g/mol. The zero-order valence-electron chi connectivity index (χ0n) is 27.9. The predicted octanol–water partition coefficient (Wildman–Crippen LogP) is 13.0. The van der Waals surface area contributed by atoms with Gasteiger partial charge in [0.1, 0.15) is 0 Å². The average molecular weight is 616 g/mol. The number of aromatic nitrogens is 1. The minimum absolute atomic E-state index is 0.0628. The lowest BCUT2D eigenvalue weighted by molar-refractivity contribution is 0.658. The first-order valence-corrected chi connectivity index (χ1v) is 17.1. The fourth-order valence-corrected chi connectivity index (χ4v) is 8.28. The van der Waals surface area contributed by atoms with E-state index >= 15 is 0 Å². The summed E-state index contributed by atoms with van der Waals surface area (Å²) in [4.78, 5) is 4.66. The van der Waals surface area contributed by atoms with Crippen LogP contribution in [0.25, 0.3) is 76.8 Å². The second-order valence-corrected chi connectivity index (χ2v) is 14.1. The Morgan fingerprint density at radius 2 is 1.02 bits per heavy atom. The maximum absolute atomic E-state index is 4.66. The van der Waals surface area contributed by atoms with Gasteiger partial charge in [-0.25, -0.2) is 0 Å². The Morgan fingerprint density at radius 1 is 0.458 bits per heavy atom. The summed E-state index contributed by atoms with van der Waals surface area (Å²) in [7, 11) is 0. The van der Waals surface area contributed by atoms with Crippen molar-refractivity contribution in [2.24, 2.45) is 0 Å². The van der Waals surface area contributed by atoms with Crippen LogP contribution >= 0.6 is 0 Å². The standard InChI is InChI=1S/C47H37N/c1-29(2)31-18-20-36-37-21-19-32(27-44(37)47(3,4)43(36)26-31)33-22-23-40(35-15-9-8-14-34(33)35)46-39-17-11-10-16-38(39)45(30-12-6-5-7-13-30)41-24-25-48-28-42(41)46/h5-29H,1-4H3. The van der Waals surface area contributed by atoms with Crippen molar-refractivity contribution in [2.45, 2.75) is 39.0 Å². The molecule has 1 aromatic heterocycles. The smallest absolute Gasteiger partial charge is 0.0353 e. The van der Waals surface area contributed by atoms with Crippen molar-refractivity contribution < 1.29 is 0 Å². The van der Waals surface area contributed by atoms with E-state index in [9.17, 15) is 0 Å². The van der Waals surface area contributed by atoms with Gasteiger partial charge in [0.05, 0.1) is 0 Å². The molecule has 230 valence electrons. The van der Waals surface area contributed by atoms with Crippen LogP contribution in [0.15, 0.2) is 146 Å². The molecule has 0 unspecified atom stereocenters. The number of benzene rings is 7. The van der Waals surface area contributed by atoms with Crippen LogP contribution in [0.2, 0.25) is 0 Å². The summed E-state index contributed by atoms with van der Waals surface area (Å²) in [5.74, 6) is 0.509. The summed E-state index contributed by atoms with van der Waals surface area (Å²) in [5, 5.41) is 7.41. The lowest BCUT2D eigenvalue weighted by Crippen LogP contribution is -2.15. The molecule has 0 amide bonds. The first-order valence-electron chi connectivity index (χ1n) is 17.1. The van der Waals surface area contributed by atoms with Crippen molar-refractivity contribution in [1.29, 1.82) is 0 Å². The predicted molar refractivity (Wildman–Crippen MR) is 205 cm³/mol. The SMILES string of the molecule is CC(C)c1ccc2c(c1)C(C)(C)c1cc(-c3ccc(-c4c5ccccc5c(-c5ccccc5)c5ccncc45)c4ccccc34)ccc1-2. The van der Waals surface area contributed by atoms with E-state index in [1.807, 2.05) is 6.20 Å². The van der Waals surface area contributed by atoms with E-state index in [0.717, 1.165) is 0 Å². The molecular formula is C47H37N. The largest absolute Gasteiger partial charge is 0.264 e. The summed E-state index contributed by atoms with van der Waals surface area (Å²) < 4.78 is 0.